The van der Waals surface area contributed by atoms with Gasteiger partial charge in [-0.1, -0.05) is 60.1 Å². The van der Waals surface area contributed by atoms with Crippen molar-refractivity contribution in [3.8, 4) is 0 Å². The SMILES string of the molecule is CC1OC(OC2C(O)COC(OC(=O)C34CCC(C)(C)CC3C3=CCC5C6(C)CCC(OC7OC(C(=O)O)C(O)C(O)C7O)C(C)(C)C6CCC5(C)C3(C)CC4O)C2OC2OC(C)C(OC3OCC(O)C(OC4OCC(O)C(O)C4O)C3O)C(O)C2O)C(O)C(O)C1O. The van der Waals surface area contributed by atoms with E-state index in [4.69, 9.17) is 56.8 Å². The number of hydrogen-bond acceptors (Lipinski definition) is 29. The molecule has 0 amide bonds. The third kappa shape index (κ3) is 12.2. The highest BCUT2D eigenvalue weighted by Crippen LogP contribution is 2.76. The number of allylic oxidation sites excluding steroid dienone is 2. The van der Waals surface area contributed by atoms with Gasteiger partial charge in [0.05, 0.1) is 44.2 Å². The van der Waals surface area contributed by atoms with Crippen LogP contribution < -0.4 is 0 Å². The van der Waals surface area contributed by atoms with Crippen molar-refractivity contribution in [3.63, 3.8) is 0 Å². The van der Waals surface area contributed by atoms with Crippen LogP contribution >= 0.6 is 0 Å². The molecule has 11 rings (SSSR count). The molecule has 5 aliphatic carbocycles. The number of aliphatic hydroxyl groups excluding tert-OH is 15. The van der Waals surface area contributed by atoms with Crippen LogP contribution in [-0.4, -0.2) is 292 Å². The first kappa shape index (κ1) is 71.9. The van der Waals surface area contributed by atoms with Crippen molar-refractivity contribution in [2.24, 2.45) is 50.2 Å². The maximum Gasteiger partial charge on any atom is 0.335 e. The molecule has 0 spiro atoms. The Morgan fingerprint density at radius 3 is 1.68 bits per heavy atom. The first-order chi connectivity index (χ1) is 43.4. The quantitative estimate of drug-likeness (QED) is 0.0487. The van der Waals surface area contributed by atoms with Crippen LogP contribution in [0.3, 0.4) is 0 Å². The molecule has 0 aromatic rings. The monoisotopic (exact) mass is 1340 g/mol. The Labute approximate surface area is 538 Å². The van der Waals surface area contributed by atoms with Crippen molar-refractivity contribution in [1.29, 1.82) is 0 Å². The van der Waals surface area contributed by atoms with Crippen molar-refractivity contribution >= 4 is 11.9 Å². The van der Waals surface area contributed by atoms with Crippen LogP contribution in [0.5, 0.6) is 0 Å². The Balaban J connectivity index is 0.848. The Morgan fingerprint density at radius 1 is 0.484 bits per heavy atom. The molecule has 11 aliphatic rings. The smallest absolute Gasteiger partial charge is 0.335 e. The van der Waals surface area contributed by atoms with E-state index in [9.17, 15) is 86.5 Å². The minimum atomic E-state index is -2.07. The second-order valence-corrected chi connectivity index (χ2v) is 30.7. The lowest BCUT2D eigenvalue weighted by atomic mass is 9.33. The van der Waals surface area contributed by atoms with Crippen LogP contribution in [0, 0.1) is 50.2 Å². The van der Waals surface area contributed by atoms with Gasteiger partial charge in [-0.05, 0) is 116 Å². The highest BCUT2D eigenvalue weighted by Gasteiger charge is 2.72. The number of aliphatic hydroxyl groups is 15. The van der Waals surface area contributed by atoms with Crippen molar-refractivity contribution in [2.75, 3.05) is 19.8 Å². The molecule has 16 N–H and O–H groups in total. The van der Waals surface area contributed by atoms with Crippen molar-refractivity contribution < 1.29 is 148 Å². The van der Waals surface area contributed by atoms with Gasteiger partial charge in [0.1, 0.15) is 109 Å². The van der Waals surface area contributed by atoms with Gasteiger partial charge in [0.2, 0.25) is 6.29 Å². The molecule has 0 aromatic heterocycles. The molecule has 30 heteroatoms. The van der Waals surface area contributed by atoms with Gasteiger partial charge >= 0.3 is 11.9 Å². The Bertz CT molecular complexity index is 2690. The molecule has 6 heterocycles. The van der Waals surface area contributed by atoms with E-state index in [-0.39, 0.29) is 35.5 Å². The largest absolute Gasteiger partial charge is 0.479 e. The molecule has 6 aliphatic heterocycles. The maximum absolute atomic E-state index is 15.9. The highest BCUT2D eigenvalue weighted by atomic mass is 16.8. The maximum atomic E-state index is 15.9. The third-order valence-electron chi connectivity index (χ3n) is 24.4. The fourth-order valence-electron chi connectivity index (χ4n) is 18.7. The van der Waals surface area contributed by atoms with E-state index in [0.29, 0.717) is 44.9 Å². The lowest BCUT2D eigenvalue weighted by molar-refractivity contribution is -0.387. The van der Waals surface area contributed by atoms with Crippen LogP contribution in [0.2, 0.25) is 0 Å². The predicted molar refractivity (Wildman–Crippen MR) is 309 cm³/mol. The first-order valence-electron chi connectivity index (χ1n) is 32.9. The van der Waals surface area contributed by atoms with Crippen LogP contribution in [0.4, 0.5) is 0 Å². The summed E-state index contributed by atoms with van der Waals surface area (Å²) in [5.41, 5.74) is -2.98. The van der Waals surface area contributed by atoms with Crippen LogP contribution in [0.15, 0.2) is 11.6 Å². The number of carboxylic acid groups (broad SMARTS) is 1. The molecule has 93 heavy (non-hydrogen) atoms. The first-order valence-corrected chi connectivity index (χ1v) is 32.9. The zero-order chi connectivity index (χ0) is 67.9. The number of hydrogen-bond donors (Lipinski definition) is 16. The van der Waals surface area contributed by atoms with Crippen molar-refractivity contribution in [2.45, 2.75) is 298 Å². The molecule has 30 nitrogen and oxygen atoms in total. The molecule has 36 atom stereocenters. The van der Waals surface area contributed by atoms with Gasteiger partial charge in [-0.2, -0.15) is 0 Å². The molecule has 532 valence electrons. The molecule has 6 saturated heterocycles. The number of rotatable bonds is 13. The number of carbonyl (C=O) groups is 2. The van der Waals surface area contributed by atoms with E-state index in [0.717, 1.165) is 5.57 Å². The summed E-state index contributed by atoms with van der Waals surface area (Å²) in [4.78, 5) is 27.9. The number of ether oxygens (including phenoxy) is 12. The fraction of sp³-hybridized carbons (Fsp3) is 0.937. The minimum Gasteiger partial charge on any atom is -0.479 e. The number of fused-ring (bicyclic) bond motifs is 7. The summed E-state index contributed by atoms with van der Waals surface area (Å²) in [5, 5.41) is 176. The molecule has 4 saturated carbocycles. The highest BCUT2D eigenvalue weighted by molar-refractivity contribution is 5.80. The standard InChI is InChI=1S/C63H100O30/c1-23-34(68)36(70)41(75)53(85-23)90-47-29(66)22-84-56(49(47)92-54-43(77)39(73)45(24(2)86-54)88-52-44(78)46(28(65)21-83-52)89-51-40(74)35(69)27(64)20-82-51)93-57(81)63-17-16-58(3,4)18-26(63)25-10-11-31-60(7)14-13-33(87-55-42(76)37(71)38(72)48(91-55)50(79)80)59(5,6)30(60)12-15-61(31,8)62(25,9)19-32(63)67/h10,23-24,26-49,51-56,64-78H,11-22H2,1-9H3,(H,79,80). The summed E-state index contributed by atoms with van der Waals surface area (Å²) in [6.07, 6.45) is -41.2. The Morgan fingerprint density at radius 2 is 1.02 bits per heavy atom. The van der Waals surface area contributed by atoms with Gasteiger partial charge in [0.15, 0.2) is 43.7 Å². The van der Waals surface area contributed by atoms with Gasteiger partial charge in [-0.15, -0.1) is 0 Å². The minimum absolute atomic E-state index is 0.0271. The zero-order valence-electron chi connectivity index (χ0n) is 53.9. The summed E-state index contributed by atoms with van der Waals surface area (Å²) >= 11 is 0. The molecular weight excluding hydrogens is 1240 g/mol. The number of carboxylic acids is 1. The lowest BCUT2D eigenvalue weighted by Crippen LogP contribution is -2.68. The molecule has 36 unspecified atom stereocenters. The molecule has 10 fully saturated rings. The average molecular weight is 1340 g/mol. The van der Waals surface area contributed by atoms with Gasteiger partial charge in [0, 0.05) is 0 Å². The molecule has 0 bridgehead atoms. The van der Waals surface area contributed by atoms with Crippen molar-refractivity contribution in [1.82, 2.24) is 0 Å². The van der Waals surface area contributed by atoms with Gasteiger partial charge in [0.25, 0.3) is 0 Å². The van der Waals surface area contributed by atoms with E-state index in [2.05, 4.69) is 54.5 Å². The van der Waals surface area contributed by atoms with E-state index in [1.165, 1.54) is 13.8 Å². The van der Waals surface area contributed by atoms with E-state index in [1.807, 2.05) is 0 Å². The van der Waals surface area contributed by atoms with E-state index < -0.39 is 237 Å². The second kappa shape index (κ2) is 26.3. The van der Waals surface area contributed by atoms with Crippen LogP contribution in [-0.2, 0) is 66.4 Å². The zero-order valence-corrected chi connectivity index (χ0v) is 53.9. The Kier molecular flexibility index (Phi) is 20.3. The van der Waals surface area contributed by atoms with Crippen molar-refractivity contribution in [3.05, 3.63) is 11.6 Å². The second-order valence-electron chi connectivity index (χ2n) is 30.7. The molecule has 0 radical (unpaired) electrons. The van der Waals surface area contributed by atoms with E-state index >= 15 is 4.79 Å². The lowest BCUT2D eigenvalue weighted by Gasteiger charge is -2.71. The summed E-state index contributed by atoms with van der Waals surface area (Å²) in [5.74, 6) is -2.91. The number of carbonyl (C=O) groups excluding carboxylic acids is 1. The normalized spacial score (nSPS) is 54.6. The van der Waals surface area contributed by atoms with Gasteiger partial charge < -0.3 is 139 Å². The Hall–Kier alpha value is -2.36. The third-order valence-corrected chi connectivity index (χ3v) is 24.4. The number of esters is 1. The van der Waals surface area contributed by atoms with E-state index in [1.54, 1.807) is 0 Å². The van der Waals surface area contributed by atoms with Gasteiger partial charge in [-0.25, -0.2) is 4.79 Å². The molecule has 0 aromatic carbocycles. The summed E-state index contributed by atoms with van der Waals surface area (Å²) in [6.45, 7) is 16.4. The predicted octanol–water partition coefficient (Wildman–Crippen LogP) is -3.35. The fourth-order valence-corrected chi connectivity index (χ4v) is 18.7. The summed E-state index contributed by atoms with van der Waals surface area (Å²) < 4.78 is 71.9. The van der Waals surface area contributed by atoms with Crippen LogP contribution in [0.1, 0.15) is 120 Å². The summed E-state index contributed by atoms with van der Waals surface area (Å²) in [6, 6.07) is 0. The molecular formula is C63H100O30. The topological polar surface area (TPSA) is 469 Å². The number of aliphatic carboxylic acids is 1. The summed E-state index contributed by atoms with van der Waals surface area (Å²) in [7, 11) is 0. The average Bonchev–Trinajstić information content (AvgIpc) is 0.672. The van der Waals surface area contributed by atoms with Crippen LogP contribution in [0.25, 0.3) is 0 Å². The van der Waals surface area contributed by atoms with Gasteiger partial charge in [-0.3, -0.25) is 4.79 Å².